The fraction of sp³-hybridized carbons (Fsp3) is 0.444. The Morgan fingerprint density at radius 3 is 2.53 bits per heavy atom. The van der Waals surface area contributed by atoms with Crippen molar-refractivity contribution in [3.8, 4) is 18.2 Å². The van der Waals surface area contributed by atoms with Crippen molar-refractivity contribution in [3.05, 3.63) is 41.6 Å². The van der Waals surface area contributed by atoms with Gasteiger partial charge in [-0.2, -0.15) is 9.97 Å². The van der Waals surface area contributed by atoms with Crippen molar-refractivity contribution >= 4 is 28.4 Å². The van der Waals surface area contributed by atoms with E-state index in [2.05, 4.69) is 62.3 Å². The van der Waals surface area contributed by atoms with Gasteiger partial charge < -0.3 is 19.9 Å². The van der Waals surface area contributed by atoms with Crippen molar-refractivity contribution in [1.29, 1.82) is 0 Å². The molecule has 3 heterocycles. The average molecular weight is 457 g/mol. The fourth-order valence-electron chi connectivity index (χ4n) is 4.83. The van der Waals surface area contributed by atoms with Crippen LogP contribution < -0.4 is 15.0 Å². The highest BCUT2D eigenvalue weighted by Crippen LogP contribution is 2.30. The van der Waals surface area contributed by atoms with Gasteiger partial charge in [0.2, 0.25) is 11.8 Å². The summed E-state index contributed by atoms with van der Waals surface area (Å²) in [7, 11) is 2.17. The summed E-state index contributed by atoms with van der Waals surface area (Å²) in [6.45, 7) is 6.90. The van der Waals surface area contributed by atoms with Crippen molar-refractivity contribution in [2.45, 2.75) is 32.6 Å². The van der Waals surface area contributed by atoms with Gasteiger partial charge in [-0.1, -0.05) is 18.8 Å². The van der Waals surface area contributed by atoms with E-state index in [-0.39, 0.29) is 0 Å². The summed E-state index contributed by atoms with van der Waals surface area (Å²) >= 11 is 0. The Balaban J connectivity index is 1.34. The fourth-order valence-corrected chi connectivity index (χ4v) is 4.83. The number of likely N-dealkylation sites (N-methyl/N-ethyl adjacent to an activating group) is 1. The topological polar surface area (TPSA) is 66.4 Å². The van der Waals surface area contributed by atoms with Crippen LogP contribution >= 0.6 is 0 Å². The van der Waals surface area contributed by atoms with E-state index in [1.807, 2.05) is 6.92 Å². The van der Waals surface area contributed by atoms with Gasteiger partial charge in [-0.3, -0.25) is 0 Å². The Bertz CT molecular complexity index is 1190. The first-order valence-electron chi connectivity index (χ1n) is 12.2. The van der Waals surface area contributed by atoms with Crippen LogP contribution in [0.25, 0.3) is 11.0 Å². The van der Waals surface area contributed by atoms with E-state index in [4.69, 9.17) is 16.1 Å². The minimum Gasteiger partial charge on any atom is -0.477 e. The maximum absolute atomic E-state index is 6.11. The van der Waals surface area contributed by atoms with Gasteiger partial charge in [0, 0.05) is 54.9 Å². The highest BCUT2D eigenvalue weighted by atomic mass is 16.5. The second kappa shape index (κ2) is 9.86. The van der Waals surface area contributed by atoms with Crippen molar-refractivity contribution in [2.75, 3.05) is 50.1 Å². The van der Waals surface area contributed by atoms with Gasteiger partial charge in [0.15, 0.2) is 5.65 Å². The summed E-state index contributed by atoms with van der Waals surface area (Å²) in [5.41, 5.74) is 4.33. The molecule has 176 valence electrons. The molecular formula is C27H32N6O. The largest absolute Gasteiger partial charge is 0.477 e. The van der Waals surface area contributed by atoms with Crippen LogP contribution in [0.1, 0.15) is 36.8 Å². The number of piperazine rings is 1. The average Bonchev–Trinajstić information content (AvgIpc) is 3.38. The van der Waals surface area contributed by atoms with E-state index in [0.29, 0.717) is 30.0 Å². The number of nitrogens with zero attached hydrogens (tertiary/aromatic N) is 5. The van der Waals surface area contributed by atoms with Gasteiger partial charge in [0.25, 0.3) is 0 Å². The summed E-state index contributed by atoms with van der Waals surface area (Å²) in [4.78, 5) is 18.6. The van der Waals surface area contributed by atoms with E-state index in [1.54, 1.807) is 6.20 Å². The van der Waals surface area contributed by atoms with Gasteiger partial charge in [-0.05, 0) is 57.0 Å². The third-order valence-electron chi connectivity index (χ3n) is 7.01. The summed E-state index contributed by atoms with van der Waals surface area (Å²) < 4.78 is 6.11. The van der Waals surface area contributed by atoms with Crippen LogP contribution in [0.3, 0.4) is 0 Å². The molecule has 1 aliphatic heterocycles. The predicted molar refractivity (Wildman–Crippen MR) is 137 cm³/mol. The smallest absolute Gasteiger partial charge is 0.229 e. The van der Waals surface area contributed by atoms with Crippen molar-refractivity contribution in [1.82, 2.24) is 19.9 Å². The molecule has 7 nitrogen and oxygen atoms in total. The quantitative estimate of drug-likeness (QED) is 0.552. The molecule has 0 spiro atoms. The van der Waals surface area contributed by atoms with Crippen LogP contribution in [-0.2, 0) is 0 Å². The molecule has 1 saturated heterocycles. The lowest BCUT2D eigenvalue weighted by Gasteiger charge is -2.34. The highest BCUT2D eigenvalue weighted by molar-refractivity contribution is 5.84. The molecule has 1 aromatic carbocycles. The minimum atomic E-state index is 0.487. The molecular weight excluding hydrogens is 424 g/mol. The van der Waals surface area contributed by atoms with E-state index >= 15 is 0 Å². The van der Waals surface area contributed by atoms with Crippen LogP contribution in [0.15, 0.2) is 30.5 Å². The molecule has 1 N–H and O–H groups in total. The number of hydrogen-bond acceptors (Lipinski definition) is 7. The summed E-state index contributed by atoms with van der Waals surface area (Å²) in [5.74, 6) is 4.45. The first-order valence-corrected chi connectivity index (χ1v) is 12.2. The Hall–Kier alpha value is -3.37. The number of aromatic nitrogens is 3. The Labute approximate surface area is 201 Å². The molecule has 0 atom stereocenters. The Kier molecular flexibility index (Phi) is 6.50. The first-order chi connectivity index (χ1) is 16.6. The molecule has 0 amide bonds. The second-order valence-electron chi connectivity index (χ2n) is 9.42. The Morgan fingerprint density at radius 2 is 1.82 bits per heavy atom. The van der Waals surface area contributed by atoms with Gasteiger partial charge in [0.05, 0.1) is 12.0 Å². The standard InChI is InChI=1S/C27H32N6O/c1-4-23-19(2)26(34-18-20-7-5-6-8-20)30-25-24(23)17-28-27(31-25)29-21-9-11-22(12-10-21)33-15-13-32(3)14-16-33/h1,9-12,17,20H,5-8,13-16,18H2,2-3H3,(H,28,29,30,31). The number of terminal acetylenes is 1. The van der Waals surface area contributed by atoms with Crippen LogP contribution in [0.5, 0.6) is 5.88 Å². The number of anilines is 3. The molecule has 5 rings (SSSR count). The number of benzene rings is 1. The zero-order valence-corrected chi connectivity index (χ0v) is 20.0. The minimum absolute atomic E-state index is 0.487. The third kappa shape index (κ3) is 4.78. The summed E-state index contributed by atoms with van der Waals surface area (Å²) in [6.07, 6.45) is 12.6. The zero-order chi connectivity index (χ0) is 23.5. The van der Waals surface area contributed by atoms with Crippen LogP contribution in [0.4, 0.5) is 17.3 Å². The molecule has 1 aliphatic carbocycles. The number of ether oxygens (including phenoxy) is 1. The van der Waals surface area contributed by atoms with Crippen LogP contribution in [0, 0.1) is 25.2 Å². The number of rotatable bonds is 6. The number of pyridine rings is 1. The molecule has 2 fully saturated rings. The lowest BCUT2D eigenvalue weighted by atomic mass is 10.1. The van der Waals surface area contributed by atoms with E-state index in [0.717, 1.165) is 48.4 Å². The van der Waals surface area contributed by atoms with Gasteiger partial charge in [0.1, 0.15) is 0 Å². The molecule has 7 heteroatoms. The van der Waals surface area contributed by atoms with Crippen LogP contribution in [-0.4, -0.2) is 59.7 Å². The molecule has 2 aromatic heterocycles. The molecule has 0 unspecified atom stereocenters. The van der Waals surface area contributed by atoms with Crippen molar-refractivity contribution in [2.24, 2.45) is 5.92 Å². The molecule has 34 heavy (non-hydrogen) atoms. The molecule has 3 aromatic rings. The van der Waals surface area contributed by atoms with Gasteiger partial charge >= 0.3 is 0 Å². The predicted octanol–water partition coefficient (Wildman–Crippen LogP) is 4.38. The third-order valence-corrected chi connectivity index (χ3v) is 7.01. The Morgan fingerprint density at radius 1 is 1.09 bits per heavy atom. The maximum atomic E-state index is 6.11. The number of nitrogens with one attached hydrogen (secondary N) is 1. The van der Waals surface area contributed by atoms with Crippen molar-refractivity contribution in [3.63, 3.8) is 0 Å². The highest BCUT2D eigenvalue weighted by Gasteiger charge is 2.19. The molecule has 0 radical (unpaired) electrons. The molecule has 1 saturated carbocycles. The van der Waals surface area contributed by atoms with E-state index < -0.39 is 0 Å². The first kappa shape index (κ1) is 22.4. The molecule has 2 aliphatic rings. The van der Waals surface area contributed by atoms with Crippen molar-refractivity contribution < 1.29 is 4.74 Å². The summed E-state index contributed by atoms with van der Waals surface area (Å²) in [6, 6.07) is 8.41. The van der Waals surface area contributed by atoms with Gasteiger partial charge in [-0.15, -0.1) is 6.42 Å². The SMILES string of the molecule is C#Cc1c(C)c(OCC2CCCC2)nc2nc(Nc3ccc(N4CCN(C)CC4)cc3)ncc12. The van der Waals surface area contributed by atoms with E-state index in [1.165, 1.54) is 31.4 Å². The monoisotopic (exact) mass is 456 g/mol. The molecule has 0 bridgehead atoms. The number of fused-ring (bicyclic) bond motifs is 1. The number of hydrogen-bond donors (Lipinski definition) is 1. The normalized spacial score (nSPS) is 17.1. The lowest BCUT2D eigenvalue weighted by molar-refractivity contribution is 0.242. The lowest BCUT2D eigenvalue weighted by Crippen LogP contribution is -2.44. The van der Waals surface area contributed by atoms with Crippen LogP contribution in [0.2, 0.25) is 0 Å². The zero-order valence-electron chi connectivity index (χ0n) is 20.0. The van der Waals surface area contributed by atoms with E-state index in [9.17, 15) is 0 Å². The maximum Gasteiger partial charge on any atom is 0.229 e. The summed E-state index contributed by atoms with van der Waals surface area (Å²) in [5, 5.41) is 4.07. The second-order valence-corrected chi connectivity index (χ2v) is 9.42. The van der Waals surface area contributed by atoms with Gasteiger partial charge in [-0.25, -0.2) is 4.98 Å².